The van der Waals surface area contributed by atoms with Crippen molar-refractivity contribution in [2.45, 2.75) is 26.3 Å². The third-order valence-electron chi connectivity index (χ3n) is 1.89. The largest absolute Gasteiger partial charge is 0.507 e. The van der Waals surface area contributed by atoms with Gasteiger partial charge in [-0.1, -0.05) is 15.9 Å². The number of aromatic hydroxyl groups is 1. The molecule has 3 heteroatoms. The number of phenols is 1. The average Bonchev–Trinajstić information content (AvgIpc) is 1.98. The first kappa shape index (κ1) is 10.5. The highest BCUT2D eigenvalue weighted by Crippen LogP contribution is 2.27. The van der Waals surface area contributed by atoms with E-state index in [1.54, 1.807) is 0 Å². The van der Waals surface area contributed by atoms with E-state index in [-0.39, 0.29) is 6.04 Å². The number of aryl methyl sites for hydroxylation is 1. The van der Waals surface area contributed by atoms with E-state index in [4.69, 9.17) is 5.73 Å². The Hall–Kier alpha value is -0.540. The van der Waals surface area contributed by atoms with Gasteiger partial charge in [-0.3, -0.25) is 0 Å². The lowest BCUT2D eigenvalue weighted by molar-refractivity contribution is 0.461. The Kier molecular flexibility index (Phi) is 3.33. The van der Waals surface area contributed by atoms with Gasteiger partial charge >= 0.3 is 0 Å². The van der Waals surface area contributed by atoms with Crippen LogP contribution in [-0.2, 0) is 6.42 Å². The van der Waals surface area contributed by atoms with Gasteiger partial charge in [-0.05, 0) is 43.5 Å². The van der Waals surface area contributed by atoms with E-state index in [1.807, 2.05) is 26.0 Å². The van der Waals surface area contributed by atoms with Gasteiger partial charge in [0, 0.05) is 10.5 Å². The fourth-order valence-corrected chi connectivity index (χ4v) is 1.93. The van der Waals surface area contributed by atoms with Crippen molar-refractivity contribution in [1.82, 2.24) is 0 Å². The molecule has 0 saturated carbocycles. The smallest absolute Gasteiger partial charge is 0.121 e. The van der Waals surface area contributed by atoms with E-state index in [9.17, 15) is 5.11 Å². The monoisotopic (exact) mass is 243 g/mol. The summed E-state index contributed by atoms with van der Waals surface area (Å²) < 4.78 is 0.985. The van der Waals surface area contributed by atoms with Crippen LogP contribution in [-0.4, -0.2) is 11.1 Å². The molecule has 0 heterocycles. The lowest BCUT2D eigenvalue weighted by Gasteiger charge is -2.10. The quantitative estimate of drug-likeness (QED) is 0.838. The van der Waals surface area contributed by atoms with Crippen molar-refractivity contribution < 1.29 is 5.11 Å². The zero-order valence-electron chi connectivity index (χ0n) is 7.84. The maximum atomic E-state index is 9.69. The fraction of sp³-hybridized carbons (Fsp3) is 0.400. The molecular formula is C10H14BrNO. The number of hydrogen-bond acceptors (Lipinski definition) is 2. The molecule has 1 aromatic carbocycles. The minimum Gasteiger partial charge on any atom is -0.507 e. The fourth-order valence-electron chi connectivity index (χ4n) is 1.31. The number of benzene rings is 1. The Morgan fingerprint density at radius 1 is 1.54 bits per heavy atom. The third-order valence-corrected chi connectivity index (χ3v) is 2.34. The number of nitrogens with two attached hydrogens (primary N) is 1. The SMILES string of the molecule is Cc1cc(Br)cc(CC(C)N)c1O. The molecule has 0 bridgehead atoms. The summed E-state index contributed by atoms with van der Waals surface area (Å²) in [6.45, 7) is 3.81. The molecule has 1 rings (SSSR count). The Morgan fingerprint density at radius 3 is 2.69 bits per heavy atom. The molecule has 1 atom stereocenters. The van der Waals surface area contributed by atoms with E-state index in [0.29, 0.717) is 12.2 Å². The van der Waals surface area contributed by atoms with Gasteiger partial charge in [0.15, 0.2) is 0 Å². The molecule has 1 aromatic rings. The van der Waals surface area contributed by atoms with E-state index >= 15 is 0 Å². The maximum absolute atomic E-state index is 9.69. The first-order valence-electron chi connectivity index (χ1n) is 4.24. The van der Waals surface area contributed by atoms with Gasteiger partial charge in [0.2, 0.25) is 0 Å². The third kappa shape index (κ3) is 2.71. The van der Waals surface area contributed by atoms with Gasteiger partial charge in [0.05, 0.1) is 0 Å². The predicted octanol–water partition coefficient (Wildman–Crippen LogP) is 2.35. The molecule has 0 aromatic heterocycles. The van der Waals surface area contributed by atoms with Gasteiger partial charge in [0.1, 0.15) is 5.75 Å². The van der Waals surface area contributed by atoms with Crippen molar-refractivity contribution in [2.24, 2.45) is 5.73 Å². The van der Waals surface area contributed by atoms with E-state index < -0.39 is 0 Å². The zero-order valence-corrected chi connectivity index (χ0v) is 9.43. The number of phenolic OH excluding ortho intramolecular Hbond substituents is 1. The van der Waals surface area contributed by atoms with Crippen LogP contribution in [0.5, 0.6) is 5.75 Å². The summed E-state index contributed by atoms with van der Waals surface area (Å²) >= 11 is 3.39. The van der Waals surface area contributed by atoms with Crippen LogP contribution in [0, 0.1) is 6.92 Å². The highest BCUT2D eigenvalue weighted by molar-refractivity contribution is 9.10. The summed E-state index contributed by atoms with van der Waals surface area (Å²) in [5.74, 6) is 0.362. The van der Waals surface area contributed by atoms with Crippen LogP contribution in [0.15, 0.2) is 16.6 Å². The Bertz CT molecular complexity index is 310. The zero-order chi connectivity index (χ0) is 10.0. The minimum atomic E-state index is 0.0691. The second-order valence-corrected chi connectivity index (χ2v) is 4.33. The molecule has 0 spiro atoms. The van der Waals surface area contributed by atoms with Crippen LogP contribution in [0.1, 0.15) is 18.1 Å². The lowest BCUT2D eigenvalue weighted by atomic mass is 10.0. The van der Waals surface area contributed by atoms with Crippen LogP contribution in [0.4, 0.5) is 0 Å². The van der Waals surface area contributed by atoms with Crippen LogP contribution in [0.2, 0.25) is 0 Å². The van der Waals surface area contributed by atoms with Crippen LogP contribution >= 0.6 is 15.9 Å². The number of hydrogen-bond donors (Lipinski definition) is 2. The van der Waals surface area contributed by atoms with Crippen LogP contribution < -0.4 is 5.73 Å². The van der Waals surface area contributed by atoms with Crippen molar-refractivity contribution in [3.8, 4) is 5.75 Å². The highest BCUT2D eigenvalue weighted by Gasteiger charge is 2.07. The summed E-state index contributed by atoms with van der Waals surface area (Å²) in [6, 6.07) is 3.87. The van der Waals surface area contributed by atoms with Crippen molar-refractivity contribution in [3.63, 3.8) is 0 Å². The highest BCUT2D eigenvalue weighted by atomic mass is 79.9. The molecule has 72 valence electrons. The van der Waals surface area contributed by atoms with Gasteiger partial charge in [-0.15, -0.1) is 0 Å². The average molecular weight is 244 g/mol. The van der Waals surface area contributed by atoms with E-state index in [0.717, 1.165) is 15.6 Å². The summed E-state index contributed by atoms with van der Waals surface area (Å²) in [6.07, 6.45) is 0.701. The van der Waals surface area contributed by atoms with Crippen molar-refractivity contribution in [1.29, 1.82) is 0 Å². The number of rotatable bonds is 2. The standard InChI is InChI=1S/C10H14BrNO/c1-6-3-9(11)5-8(10(6)13)4-7(2)12/h3,5,7,13H,4,12H2,1-2H3. The normalized spacial score (nSPS) is 12.9. The van der Waals surface area contributed by atoms with E-state index in [2.05, 4.69) is 15.9 Å². The maximum Gasteiger partial charge on any atom is 0.121 e. The van der Waals surface area contributed by atoms with Gasteiger partial charge < -0.3 is 10.8 Å². The van der Waals surface area contributed by atoms with E-state index in [1.165, 1.54) is 0 Å². The molecule has 0 radical (unpaired) electrons. The molecular weight excluding hydrogens is 230 g/mol. The van der Waals surface area contributed by atoms with Crippen LogP contribution in [0.3, 0.4) is 0 Å². The van der Waals surface area contributed by atoms with Gasteiger partial charge in [-0.25, -0.2) is 0 Å². The summed E-state index contributed by atoms with van der Waals surface area (Å²) in [5, 5.41) is 9.69. The van der Waals surface area contributed by atoms with Crippen molar-refractivity contribution >= 4 is 15.9 Å². The first-order chi connectivity index (χ1) is 6.00. The molecule has 0 aliphatic heterocycles. The Labute approximate surface area is 86.9 Å². The second-order valence-electron chi connectivity index (χ2n) is 3.41. The Balaban J connectivity index is 3.05. The first-order valence-corrected chi connectivity index (χ1v) is 5.03. The van der Waals surface area contributed by atoms with Gasteiger partial charge in [0.25, 0.3) is 0 Å². The lowest BCUT2D eigenvalue weighted by Crippen LogP contribution is -2.17. The Morgan fingerprint density at radius 2 is 2.15 bits per heavy atom. The molecule has 13 heavy (non-hydrogen) atoms. The molecule has 1 unspecified atom stereocenters. The molecule has 0 aliphatic rings. The van der Waals surface area contributed by atoms with Crippen molar-refractivity contribution in [3.05, 3.63) is 27.7 Å². The molecule has 0 fully saturated rings. The minimum absolute atomic E-state index is 0.0691. The number of halogens is 1. The molecule has 0 amide bonds. The van der Waals surface area contributed by atoms with Crippen LogP contribution in [0.25, 0.3) is 0 Å². The molecule has 0 saturated heterocycles. The molecule has 3 N–H and O–H groups in total. The topological polar surface area (TPSA) is 46.2 Å². The summed E-state index contributed by atoms with van der Waals surface area (Å²) in [7, 11) is 0. The van der Waals surface area contributed by atoms with Crippen molar-refractivity contribution in [2.75, 3.05) is 0 Å². The predicted molar refractivity (Wildman–Crippen MR) is 57.9 cm³/mol. The summed E-state index contributed by atoms with van der Waals surface area (Å²) in [4.78, 5) is 0. The molecule has 0 aliphatic carbocycles. The second kappa shape index (κ2) is 4.11. The molecule has 2 nitrogen and oxygen atoms in total. The summed E-state index contributed by atoms with van der Waals surface area (Å²) in [5.41, 5.74) is 7.45. The van der Waals surface area contributed by atoms with Gasteiger partial charge in [-0.2, -0.15) is 0 Å².